The van der Waals surface area contributed by atoms with Gasteiger partial charge in [0, 0.05) is 24.7 Å². The quantitative estimate of drug-likeness (QED) is 0.580. The lowest BCUT2D eigenvalue weighted by molar-refractivity contribution is 0.0272. The Morgan fingerprint density at radius 3 is 2.67 bits per heavy atom. The van der Waals surface area contributed by atoms with Gasteiger partial charge in [-0.05, 0) is 43.5 Å². The van der Waals surface area contributed by atoms with Gasteiger partial charge in [-0.15, -0.1) is 0 Å². The second-order valence-electron chi connectivity index (χ2n) is 8.29. The van der Waals surface area contributed by atoms with Gasteiger partial charge in [0.1, 0.15) is 0 Å². The summed E-state index contributed by atoms with van der Waals surface area (Å²) in [6.07, 6.45) is 0.659. The first-order valence-corrected chi connectivity index (χ1v) is 12.2. The Kier molecular flexibility index (Phi) is 5.41. The molecule has 1 saturated heterocycles. The van der Waals surface area contributed by atoms with Crippen molar-refractivity contribution in [2.24, 2.45) is 0 Å². The number of carbonyl (C=O) groups is 1. The Bertz CT molecular complexity index is 1310. The second-order valence-corrected chi connectivity index (χ2v) is 10.1. The Hall–Kier alpha value is -3.24. The van der Waals surface area contributed by atoms with E-state index in [4.69, 9.17) is 9.26 Å². The van der Waals surface area contributed by atoms with Crippen molar-refractivity contribution >= 4 is 21.6 Å². The number of aryl methyl sites for hydroxylation is 1. The van der Waals surface area contributed by atoms with Gasteiger partial charge in [-0.1, -0.05) is 35.5 Å². The number of aromatic nitrogens is 2. The van der Waals surface area contributed by atoms with Gasteiger partial charge in [-0.25, -0.2) is 8.42 Å². The van der Waals surface area contributed by atoms with Crippen LogP contribution in [0.15, 0.2) is 51.9 Å². The minimum Gasteiger partial charge on any atom is -0.378 e. The average molecular weight is 469 g/mol. The Labute approximate surface area is 192 Å². The van der Waals surface area contributed by atoms with Crippen LogP contribution in [-0.2, 0) is 21.2 Å². The SMILES string of the molecule is Cc1ccc(-c2noc(C(=O)N3CCOCC3)n2)cc1S(=O)(=O)N1c2ccccc2CC1C. The molecule has 10 heteroatoms. The van der Waals surface area contributed by atoms with E-state index in [0.29, 0.717) is 49.5 Å². The number of hydrogen-bond acceptors (Lipinski definition) is 7. The topological polar surface area (TPSA) is 106 Å². The number of benzene rings is 2. The highest BCUT2D eigenvalue weighted by molar-refractivity contribution is 7.93. The third-order valence-electron chi connectivity index (χ3n) is 6.04. The number of rotatable bonds is 4. The highest BCUT2D eigenvalue weighted by atomic mass is 32.2. The molecule has 0 spiro atoms. The molecule has 3 aromatic rings. The van der Waals surface area contributed by atoms with Gasteiger partial charge >= 0.3 is 11.8 Å². The van der Waals surface area contributed by atoms with E-state index in [9.17, 15) is 13.2 Å². The smallest absolute Gasteiger partial charge is 0.316 e. The van der Waals surface area contributed by atoms with E-state index in [-0.39, 0.29) is 28.6 Å². The molecular weight excluding hydrogens is 444 g/mol. The van der Waals surface area contributed by atoms with Gasteiger partial charge < -0.3 is 14.2 Å². The largest absolute Gasteiger partial charge is 0.378 e. The second kappa shape index (κ2) is 8.27. The van der Waals surface area contributed by atoms with E-state index in [1.165, 1.54) is 4.31 Å². The fourth-order valence-corrected chi connectivity index (χ4v) is 6.30. The van der Waals surface area contributed by atoms with Crippen LogP contribution in [0.5, 0.6) is 0 Å². The predicted molar refractivity (Wildman–Crippen MR) is 120 cm³/mol. The molecule has 172 valence electrons. The normalized spacial score (nSPS) is 18.4. The molecule has 9 nitrogen and oxygen atoms in total. The van der Waals surface area contributed by atoms with Gasteiger partial charge in [0.15, 0.2) is 0 Å². The molecule has 2 aliphatic rings. The Morgan fingerprint density at radius 2 is 1.88 bits per heavy atom. The number of anilines is 1. The first kappa shape index (κ1) is 21.6. The van der Waals surface area contributed by atoms with E-state index < -0.39 is 10.0 Å². The van der Waals surface area contributed by atoms with Gasteiger partial charge in [-0.2, -0.15) is 4.98 Å². The standard InChI is InChI=1S/C23H24N4O5S/c1-15-7-8-18(21-24-22(32-25-21)23(28)26-9-11-31-12-10-26)14-20(15)33(29,30)27-16(2)13-17-5-3-4-6-19(17)27/h3-8,14,16H,9-13H2,1-2H3. The first-order chi connectivity index (χ1) is 15.9. The molecule has 0 bridgehead atoms. The van der Waals surface area contributed by atoms with Crippen LogP contribution in [0.25, 0.3) is 11.4 Å². The summed E-state index contributed by atoms with van der Waals surface area (Å²) in [7, 11) is -3.83. The lowest BCUT2D eigenvalue weighted by Gasteiger charge is -2.25. The fourth-order valence-electron chi connectivity index (χ4n) is 4.36. The Balaban J connectivity index is 1.48. The maximum absolute atomic E-state index is 13.7. The summed E-state index contributed by atoms with van der Waals surface area (Å²) in [4.78, 5) is 18.6. The molecule has 1 fully saturated rings. The van der Waals surface area contributed by atoms with Crippen molar-refractivity contribution in [3.63, 3.8) is 0 Å². The third-order valence-corrected chi connectivity index (χ3v) is 8.11. The van der Waals surface area contributed by atoms with Gasteiger partial charge in [0.25, 0.3) is 10.0 Å². The van der Waals surface area contributed by atoms with Crippen molar-refractivity contribution < 1.29 is 22.5 Å². The highest BCUT2D eigenvalue weighted by Gasteiger charge is 2.37. The number of para-hydroxylation sites is 1. The van der Waals surface area contributed by atoms with Crippen LogP contribution in [-0.4, -0.2) is 61.7 Å². The molecule has 1 aromatic heterocycles. The number of ether oxygens (including phenoxy) is 1. The molecule has 3 heterocycles. The zero-order valence-corrected chi connectivity index (χ0v) is 19.2. The molecule has 5 rings (SSSR count). The number of morpholine rings is 1. The van der Waals surface area contributed by atoms with Crippen LogP contribution in [0, 0.1) is 6.92 Å². The van der Waals surface area contributed by atoms with E-state index in [0.717, 1.165) is 5.56 Å². The van der Waals surface area contributed by atoms with Crippen molar-refractivity contribution in [1.29, 1.82) is 0 Å². The molecule has 0 aliphatic carbocycles. The molecule has 0 radical (unpaired) electrons. The van der Waals surface area contributed by atoms with E-state index in [2.05, 4.69) is 10.1 Å². The van der Waals surface area contributed by atoms with E-state index in [1.54, 1.807) is 30.0 Å². The van der Waals surface area contributed by atoms with Crippen LogP contribution in [0.2, 0.25) is 0 Å². The third kappa shape index (κ3) is 3.79. The summed E-state index contributed by atoms with van der Waals surface area (Å²) < 4.78 is 39.4. The maximum Gasteiger partial charge on any atom is 0.316 e. The predicted octanol–water partition coefficient (Wildman–Crippen LogP) is 2.66. The van der Waals surface area contributed by atoms with Gasteiger partial charge in [0.05, 0.1) is 23.8 Å². The summed E-state index contributed by atoms with van der Waals surface area (Å²) in [5, 5.41) is 3.93. The van der Waals surface area contributed by atoms with Crippen molar-refractivity contribution in [3.05, 3.63) is 59.5 Å². The van der Waals surface area contributed by atoms with Crippen molar-refractivity contribution in [1.82, 2.24) is 15.0 Å². The van der Waals surface area contributed by atoms with Crippen LogP contribution in [0.1, 0.15) is 28.7 Å². The molecule has 2 aromatic carbocycles. The van der Waals surface area contributed by atoms with E-state index in [1.807, 2.05) is 31.2 Å². The summed E-state index contributed by atoms with van der Waals surface area (Å²) in [6, 6.07) is 12.3. The molecule has 1 amide bonds. The molecule has 1 unspecified atom stereocenters. The van der Waals surface area contributed by atoms with Gasteiger partial charge in [-0.3, -0.25) is 9.10 Å². The number of sulfonamides is 1. The molecule has 0 saturated carbocycles. The Morgan fingerprint density at radius 1 is 1.12 bits per heavy atom. The zero-order chi connectivity index (χ0) is 23.2. The summed E-state index contributed by atoms with van der Waals surface area (Å²) >= 11 is 0. The van der Waals surface area contributed by atoms with Crippen molar-refractivity contribution in [3.8, 4) is 11.4 Å². The number of fused-ring (bicyclic) bond motifs is 1. The molecular formula is C23H24N4O5S. The minimum atomic E-state index is -3.83. The average Bonchev–Trinajstić information content (AvgIpc) is 3.43. The molecule has 0 N–H and O–H groups in total. The summed E-state index contributed by atoms with van der Waals surface area (Å²) in [5.41, 5.74) is 2.78. The van der Waals surface area contributed by atoms with Crippen molar-refractivity contribution in [2.45, 2.75) is 31.2 Å². The molecule has 1 atom stereocenters. The van der Waals surface area contributed by atoms with Crippen LogP contribution < -0.4 is 4.31 Å². The monoisotopic (exact) mass is 468 g/mol. The molecule has 33 heavy (non-hydrogen) atoms. The van der Waals surface area contributed by atoms with Crippen LogP contribution in [0.4, 0.5) is 5.69 Å². The maximum atomic E-state index is 13.7. The zero-order valence-electron chi connectivity index (χ0n) is 18.4. The fraction of sp³-hybridized carbons (Fsp3) is 0.348. The molecule has 2 aliphatic heterocycles. The number of carbonyl (C=O) groups excluding carboxylic acids is 1. The number of nitrogens with zero attached hydrogens (tertiary/aromatic N) is 4. The van der Waals surface area contributed by atoms with Crippen LogP contribution in [0.3, 0.4) is 0 Å². The summed E-state index contributed by atoms with van der Waals surface area (Å²) in [5.74, 6) is -0.323. The summed E-state index contributed by atoms with van der Waals surface area (Å²) in [6.45, 7) is 5.50. The number of hydrogen-bond donors (Lipinski definition) is 0. The highest BCUT2D eigenvalue weighted by Crippen LogP contribution is 2.37. The minimum absolute atomic E-state index is 0.126. The van der Waals surface area contributed by atoms with E-state index >= 15 is 0 Å². The first-order valence-electron chi connectivity index (χ1n) is 10.8. The lowest BCUT2D eigenvalue weighted by atomic mass is 10.1. The van der Waals surface area contributed by atoms with Gasteiger partial charge in [0.2, 0.25) is 5.82 Å². The van der Waals surface area contributed by atoms with Crippen LogP contribution >= 0.6 is 0 Å². The number of amides is 1. The lowest BCUT2D eigenvalue weighted by Crippen LogP contribution is -2.40. The van der Waals surface area contributed by atoms with Crippen molar-refractivity contribution in [2.75, 3.05) is 30.6 Å².